The van der Waals surface area contributed by atoms with Crippen molar-refractivity contribution in [2.24, 2.45) is 5.92 Å². The van der Waals surface area contributed by atoms with Crippen LogP contribution in [-0.4, -0.2) is 55.9 Å². The van der Waals surface area contributed by atoms with Gasteiger partial charge < -0.3 is 25.8 Å². The number of hydrogen-bond donors (Lipinski definition) is 4. The first-order valence-electron chi connectivity index (χ1n) is 6.96. The summed E-state index contributed by atoms with van der Waals surface area (Å²) in [5.74, 6) is -1.89. The molecule has 0 rings (SSSR count). The lowest BCUT2D eigenvalue weighted by atomic mass is 10.0. The van der Waals surface area contributed by atoms with Gasteiger partial charge in [-0.05, 0) is 13.3 Å². The second-order valence-corrected chi connectivity index (χ2v) is 4.68. The molecule has 0 heterocycles. The summed E-state index contributed by atoms with van der Waals surface area (Å²) in [4.78, 5) is 34.1. The third-order valence-corrected chi connectivity index (χ3v) is 2.84. The molecule has 0 saturated heterocycles. The van der Waals surface area contributed by atoms with Gasteiger partial charge in [-0.2, -0.15) is 0 Å². The van der Waals surface area contributed by atoms with Gasteiger partial charge in [0.15, 0.2) is 0 Å². The molecule has 0 aliphatic heterocycles. The Hall–Kier alpha value is -1.83. The van der Waals surface area contributed by atoms with E-state index >= 15 is 0 Å². The summed E-state index contributed by atoms with van der Waals surface area (Å²) in [6, 6.07) is -1.27. The zero-order valence-electron chi connectivity index (χ0n) is 12.8. The number of carboxylic acid groups (broad SMARTS) is 1. The molecule has 0 aromatic heterocycles. The van der Waals surface area contributed by atoms with Gasteiger partial charge in [0.25, 0.3) is 0 Å². The smallest absolute Gasteiger partial charge is 0.315 e. The van der Waals surface area contributed by atoms with Gasteiger partial charge in [0.05, 0.1) is 12.5 Å². The maximum atomic E-state index is 11.6. The number of rotatable bonds is 10. The number of methoxy groups -OCH3 is 1. The van der Waals surface area contributed by atoms with E-state index in [-0.39, 0.29) is 12.5 Å². The van der Waals surface area contributed by atoms with Crippen molar-refractivity contribution in [2.75, 3.05) is 26.8 Å². The van der Waals surface area contributed by atoms with Crippen LogP contribution < -0.4 is 16.0 Å². The van der Waals surface area contributed by atoms with Gasteiger partial charge in [-0.15, -0.1) is 0 Å². The number of aliphatic carboxylic acids is 1. The molecule has 0 aromatic carbocycles. The van der Waals surface area contributed by atoms with Crippen molar-refractivity contribution in [1.82, 2.24) is 16.0 Å². The average Bonchev–Trinajstić information content (AvgIpc) is 2.43. The summed E-state index contributed by atoms with van der Waals surface area (Å²) in [6.07, 6.45) is 1.21. The van der Waals surface area contributed by atoms with Crippen molar-refractivity contribution in [3.05, 3.63) is 0 Å². The van der Waals surface area contributed by atoms with E-state index < -0.39 is 24.0 Å². The number of hydrogen-bond acceptors (Lipinski definition) is 4. The van der Waals surface area contributed by atoms with E-state index in [4.69, 9.17) is 9.84 Å². The van der Waals surface area contributed by atoms with Crippen LogP contribution in [0, 0.1) is 5.92 Å². The lowest BCUT2D eigenvalue weighted by Gasteiger charge is -2.16. The van der Waals surface area contributed by atoms with Crippen molar-refractivity contribution < 1.29 is 24.2 Å². The van der Waals surface area contributed by atoms with Crippen LogP contribution in [0.4, 0.5) is 4.79 Å². The summed E-state index contributed by atoms with van der Waals surface area (Å²) in [7, 11) is 1.52. The Kier molecular flexibility index (Phi) is 9.95. The third-order valence-electron chi connectivity index (χ3n) is 2.84. The van der Waals surface area contributed by atoms with Crippen molar-refractivity contribution in [2.45, 2.75) is 32.7 Å². The molecule has 0 bridgehead atoms. The predicted octanol–water partition coefficient (Wildman–Crippen LogP) is -0.0624. The molecule has 122 valence electrons. The van der Waals surface area contributed by atoms with Gasteiger partial charge in [0.2, 0.25) is 5.91 Å². The van der Waals surface area contributed by atoms with Crippen LogP contribution >= 0.6 is 0 Å². The molecular weight excluding hydrogens is 278 g/mol. The van der Waals surface area contributed by atoms with Crippen LogP contribution in [0.3, 0.4) is 0 Å². The largest absolute Gasteiger partial charge is 0.481 e. The molecule has 0 spiro atoms. The second-order valence-electron chi connectivity index (χ2n) is 4.68. The Balaban J connectivity index is 4.06. The van der Waals surface area contributed by atoms with Crippen LogP contribution in [0.15, 0.2) is 0 Å². The van der Waals surface area contributed by atoms with Crippen molar-refractivity contribution in [3.63, 3.8) is 0 Å². The molecule has 8 heteroatoms. The Morgan fingerprint density at radius 2 is 1.90 bits per heavy atom. The second kappa shape index (κ2) is 10.9. The molecule has 21 heavy (non-hydrogen) atoms. The minimum Gasteiger partial charge on any atom is -0.481 e. The number of carbonyl (C=O) groups excluding carboxylic acids is 2. The van der Waals surface area contributed by atoms with Crippen molar-refractivity contribution in [3.8, 4) is 0 Å². The number of urea groups is 1. The normalized spacial score (nSPS) is 13.1. The quantitative estimate of drug-likeness (QED) is 0.422. The van der Waals surface area contributed by atoms with Crippen molar-refractivity contribution >= 4 is 17.9 Å². The average molecular weight is 303 g/mol. The molecule has 0 fully saturated rings. The molecule has 2 unspecified atom stereocenters. The topological polar surface area (TPSA) is 117 Å². The number of ether oxygens (including phenoxy) is 1. The molecule has 0 aliphatic carbocycles. The van der Waals surface area contributed by atoms with E-state index in [1.54, 1.807) is 6.92 Å². The highest BCUT2D eigenvalue weighted by atomic mass is 16.5. The Morgan fingerprint density at radius 1 is 1.24 bits per heavy atom. The summed E-state index contributed by atoms with van der Waals surface area (Å²) < 4.78 is 4.79. The van der Waals surface area contributed by atoms with E-state index in [1.165, 1.54) is 7.11 Å². The minimum atomic E-state index is -0.942. The zero-order valence-corrected chi connectivity index (χ0v) is 12.8. The first-order chi connectivity index (χ1) is 9.92. The van der Waals surface area contributed by atoms with Crippen molar-refractivity contribution in [1.29, 1.82) is 0 Å². The summed E-state index contributed by atoms with van der Waals surface area (Å²) in [6.45, 7) is 4.21. The highest BCUT2D eigenvalue weighted by Gasteiger charge is 2.19. The molecule has 2 atom stereocenters. The maximum Gasteiger partial charge on any atom is 0.315 e. The highest BCUT2D eigenvalue weighted by Crippen LogP contribution is 2.04. The monoisotopic (exact) mass is 303 g/mol. The first kappa shape index (κ1) is 19.2. The van der Waals surface area contributed by atoms with Crippen LogP contribution in [0.1, 0.15) is 26.7 Å². The fourth-order valence-electron chi connectivity index (χ4n) is 1.62. The number of nitrogens with one attached hydrogen (secondary N) is 3. The predicted molar refractivity (Wildman–Crippen MR) is 76.9 cm³/mol. The lowest BCUT2D eigenvalue weighted by molar-refractivity contribution is -0.141. The van der Waals surface area contributed by atoms with Gasteiger partial charge in [-0.3, -0.25) is 9.59 Å². The Bertz CT molecular complexity index is 349. The Morgan fingerprint density at radius 3 is 2.43 bits per heavy atom. The molecule has 4 N–H and O–H groups in total. The molecule has 0 aromatic rings. The van der Waals surface area contributed by atoms with Gasteiger partial charge >= 0.3 is 12.0 Å². The van der Waals surface area contributed by atoms with E-state index in [9.17, 15) is 14.4 Å². The number of carbonyl (C=O) groups is 3. The van der Waals surface area contributed by atoms with E-state index in [0.29, 0.717) is 19.6 Å². The number of amides is 3. The van der Waals surface area contributed by atoms with Gasteiger partial charge in [0, 0.05) is 20.2 Å². The van der Waals surface area contributed by atoms with Crippen LogP contribution in [0.2, 0.25) is 0 Å². The van der Waals surface area contributed by atoms with E-state index in [0.717, 1.165) is 6.42 Å². The molecule has 8 nitrogen and oxygen atoms in total. The summed E-state index contributed by atoms with van der Waals surface area (Å²) in [5.41, 5.74) is 0. The SMILES string of the molecule is CCCC(CNC(=O)NC(C)C(=O)NCCOC)C(=O)O. The van der Waals surface area contributed by atoms with E-state index in [2.05, 4.69) is 16.0 Å². The zero-order chi connectivity index (χ0) is 16.3. The van der Waals surface area contributed by atoms with Crippen LogP contribution in [0.5, 0.6) is 0 Å². The number of carboxylic acids is 1. The summed E-state index contributed by atoms with van der Waals surface area (Å²) in [5, 5.41) is 16.5. The third kappa shape index (κ3) is 8.85. The first-order valence-corrected chi connectivity index (χ1v) is 6.96. The van der Waals surface area contributed by atoms with E-state index in [1.807, 2.05) is 6.92 Å². The standard InChI is InChI=1S/C13H25N3O5/c1-4-5-10(12(18)19)8-15-13(20)16-9(2)11(17)14-6-7-21-3/h9-10H,4-8H2,1-3H3,(H,14,17)(H,18,19)(H2,15,16,20). The van der Waals surface area contributed by atoms with Crippen LogP contribution in [0.25, 0.3) is 0 Å². The lowest BCUT2D eigenvalue weighted by Crippen LogP contribution is -2.49. The van der Waals surface area contributed by atoms with Crippen LogP contribution in [-0.2, 0) is 14.3 Å². The minimum absolute atomic E-state index is 0.0347. The maximum absolute atomic E-state index is 11.6. The fourth-order valence-corrected chi connectivity index (χ4v) is 1.62. The molecular formula is C13H25N3O5. The molecule has 0 radical (unpaired) electrons. The molecule has 3 amide bonds. The molecule has 0 saturated carbocycles. The molecule has 0 aliphatic rings. The fraction of sp³-hybridized carbons (Fsp3) is 0.769. The highest BCUT2D eigenvalue weighted by molar-refractivity contribution is 5.86. The van der Waals surface area contributed by atoms with Gasteiger partial charge in [-0.1, -0.05) is 13.3 Å². The Labute approximate surface area is 124 Å². The van der Waals surface area contributed by atoms with Gasteiger partial charge in [-0.25, -0.2) is 4.79 Å². The summed E-state index contributed by atoms with van der Waals surface area (Å²) >= 11 is 0. The van der Waals surface area contributed by atoms with Gasteiger partial charge in [0.1, 0.15) is 6.04 Å².